The molecule has 0 aliphatic heterocycles. The van der Waals surface area contributed by atoms with Gasteiger partial charge < -0.3 is 5.11 Å². The van der Waals surface area contributed by atoms with Crippen molar-refractivity contribution in [2.75, 3.05) is 0 Å². The summed E-state index contributed by atoms with van der Waals surface area (Å²) >= 11 is 0. The van der Waals surface area contributed by atoms with Crippen LogP contribution in [0.2, 0.25) is 0 Å². The largest absolute Gasteiger partial charge is 0.481 e. The Morgan fingerprint density at radius 2 is 1.94 bits per heavy atom. The van der Waals surface area contributed by atoms with Gasteiger partial charge in [-0.05, 0) is 48.9 Å². The summed E-state index contributed by atoms with van der Waals surface area (Å²) < 4.78 is 0. The van der Waals surface area contributed by atoms with E-state index in [9.17, 15) is 4.79 Å². The fourth-order valence-corrected chi connectivity index (χ4v) is 3.51. The van der Waals surface area contributed by atoms with Crippen LogP contribution in [0, 0.1) is 22.7 Å². The number of hydrogen-bond donors (Lipinski definition) is 1. The third kappa shape index (κ3) is 1.87. The Balaban J connectivity index is 1.91. The first kappa shape index (κ1) is 11.9. The molecule has 2 heteroatoms. The Hall–Kier alpha value is -0.530. The maximum atomic E-state index is 11.0. The molecule has 0 aromatic carbocycles. The van der Waals surface area contributed by atoms with Gasteiger partial charge in [-0.3, -0.25) is 4.79 Å². The molecule has 0 radical (unpaired) electrons. The fraction of sp³-hybridized carbons (Fsp3) is 0.929. The van der Waals surface area contributed by atoms with Gasteiger partial charge in [-0.2, -0.15) is 0 Å². The molecule has 2 aliphatic carbocycles. The second-order valence-corrected chi connectivity index (χ2v) is 6.57. The summed E-state index contributed by atoms with van der Waals surface area (Å²) in [7, 11) is 0. The van der Waals surface area contributed by atoms with E-state index in [2.05, 4.69) is 20.8 Å². The molecule has 0 aromatic rings. The zero-order valence-corrected chi connectivity index (χ0v) is 10.8. The lowest BCUT2D eigenvalue weighted by atomic mass is 9.66. The first-order valence-corrected chi connectivity index (χ1v) is 6.64. The third-order valence-electron chi connectivity index (χ3n) is 5.49. The molecule has 2 nitrogen and oxygen atoms in total. The fourth-order valence-electron chi connectivity index (χ4n) is 3.51. The van der Waals surface area contributed by atoms with Crippen LogP contribution in [0.25, 0.3) is 0 Å². The van der Waals surface area contributed by atoms with Crippen molar-refractivity contribution in [3.8, 4) is 0 Å². The summed E-state index contributed by atoms with van der Waals surface area (Å²) in [6.07, 6.45) is 6.96. The highest BCUT2D eigenvalue weighted by Crippen LogP contribution is 2.63. The van der Waals surface area contributed by atoms with Crippen LogP contribution in [0.15, 0.2) is 0 Å². The molecule has 0 aromatic heterocycles. The van der Waals surface area contributed by atoms with Crippen LogP contribution in [0.5, 0.6) is 0 Å². The number of carbonyl (C=O) groups is 1. The summed E-state index contributed by atoms with van der Waals surface area (Å²) in [6.45, 7) is 6.98. The molecule has 1 N–H and O–H groups in total. The molecule has 1 atom stereocenters. The maximum absolute atomic E-state index is 11.0. The van der Waals surface area contributed by atoms with Crippen molar-refractivity contribution in [1.82, 2.24) is 0 Å². The average molecular weight is 224 g/mol. The van der Waals surface area contributed by atoms with Crippen molar-refractivity contribution < 1.29 is 9.90 Å². The van der Waals surface area contributed by atoms with Crippen LogP contribution in [0.3, 0.4) is 0 Å². The Kier molecular flexibility index (Phi) is 2.80. The Morgan fingerprint density at radius 1 is 1.38 bits per heavy atom. The smallest absolute Gasteiger partial charge is 0.307 e. The van der Waals surface area contributed by atoms with Crippen LogP contribution in [-0.2, 0) is 4.79 Å². The highest BCUT2D eigenvalue weighted by molar-refractivity contribution is 5.74. The molecular weight excluding hydrogens is 200 g/mol. The molecule has 0 bridgehead atoms. The molecule has 2 rings (SSSR count). The third-order valence-corrected chi connectivity index (χ3v) is 5.49. The lowest BCUT2D eigenvalue weighted by Gasteiger charge is -2.39. The molecule has 2 aliphatic rings. The van der Waals surface area contributed by atoms with E-state index < -0.39 is 5.97 Å². The predicted octanol–water partition coefficient (Wildman–Crippen LogP) is 3.70. The highest BCUT2D eigenvalue weighted by Gasteiger charge is 2.59. The lowest BCUT2D eigenvalue weighted by molar-refractivity contribution is -0.139. The molecule has 0 saturated heterocycles. The summed E-state index contributed by atoms with van der Waals surface area (Å²) in [5.74, 6) is 0.226. The topological polar surface area (TPSA) is 37.3 Å². The molecule has 0 heterocycles. The van der Waals surface area contributed by atoms with Crippen LogP contribution in [-0.4, -0.2) is 11.1 Å². The summed E-state index contributed by atoms with van der Waals surface area (Å²) in [5.41, 5.74) is 0.654. The lowest BCUT2D eigenvalue weighted by Crippen LogP contribution is -2.29. The summed E-state index contributed by atoms with van der Waals surface area (Å²) in [5, 5.41) is 9.04. The van der Waals surface area contributed by atoms with Crippen molar-refractivity contribution >= 4 is 5.97 Å². The minimum absolute atomic E-state index is 0.0156. The van der Waals surface area contributed by atoms with Gasteiger partial charge >= 0.3 is 5.97 Å². The maximum Gasteiger partial charge on any atom is 0.307 e. The van der Waals surface area contributed by atoms with Gasteiger partial charge in [0.15, 0.2) is 0 Å². The van der Waals surface area contributed by atoms with Crippen LogP contribution < -0.4 is 0 Å². The number of rotatable bonds is 3. The molecule has 1 unspecified atom stereocenters. The summed E-state index contributed by atoms with van der Waals surface area (Å²) in [4.78, 5) is 11.0. The van der Waals surface area contributed by atoms with E-state index in [1.807, 2.05) is 0 Å². The highest BCUT2D eigenvalue weighted by atomic mass is 16.4. The second kappa shape index (κ2) is 3.75. The molecule has 2 fully saturated rings. The Bertz CT molecular complexity index is 285. The first-order chi connectivity index (χ1) is 7.41. The van der Waals surface area contributed by atoms with E-state index in [1.54, 1.807) is 0 Å². The SMILES string of the molecule is CCC(C)(C)C1CCC2(CC1)CC2C(=O)O. The molecule has 2 saturated carbocycles. The van der Waals surface area contributed by atoms with Crippen LogP contribution in [0.1, 0.15) is 59.3 Å². The monoisotopic (exact) mass is 224 g/mol. The molecule has 16 heavy (non-hydrogen) atoms. The standard InChI is InChI=1S/C14H24O2/c1-4-13(2,3)10-5-7-14(8-6-10)9-11(14)12(15)16/h10-11H,4-9H2,1-3H3,(H,15,16). The molecule has 92 valence electrons. The summed E-state index contributed by atoms with van der Waals surface area (Å²) in [6, 6.07) is 0. The van der Waals surface area contributed by atoms with E-state index >= 15 is 0 Å². The van der Waals surface area contributed by atoms with E-state index in [-0.39, 0.29) is 11.3 Å². The van der Waals surface area contributed by atoms with Crippen LogP contribution >= 0.6 is 0 Å². The van der Waals surface area contributed by atoms with E-state index in [1.165, 1.54) is 19.3 Å². The average Bonchev–Trinajstić information content (AvgIpc) is 2.93. The van der Waals surface area contributed by atoms with Crippen molar-refractivity contribution in [3.63, 3.8) is 0 Å². The van der Waals surface area contributed by atoms with Crippen LogP contribution in [0.4, 0.5) is 0 Å². The van der Waals surface area contributed by atoms with Crippen molar-refractivity contribution in [3.05, 3.63) is 0 Å². The first-order valence-electron chi connectivity index (χ1n) is 6.64. The number of aliphatic carboxylic acids is 1. The number of carboxylic acids is 1. The molecule has 1 spiro atoms. The number of carboxylic acid groups (broad SMARTS) is 1. The van der Waals surface area contributed by atoms with Crippen molar-refractivity contribution in [2.45, 2.75) is 59.3 Å². The van der Waals surface area contributed by atoms with E-state index in [4.69, 9.17) is 5.11 Å². The van der Waals surface area contributed by atoms with Crippen molar-refractivity contribution in [2.24, 2.45) is 22.7 Å². The molecular formula is C14H24O2. The van der Waals surface area contributed by atoms with Gasteiger partial charge in [0.05, 0.1) is 5.92 Å². The van der Waals surface area contributed by atoms with Gasteiger partial charge in [-0.15, -0.1) is 0 Å². The van der Waals surface area contributed by atoms with Gasteiger partial charge in [0, 0.05) is 0 Å². The zero-order valence-electron chi connectivity index (χ0n) is 10.8. The quantitative estimate of drug-likeness (QED) is 0.793. The van der Waals surface area contributed by atoms with Gasteiger partial charge in [0.25, 0.3) is 0 Å². The second-order valence-electron chi connectivity index (χ2n) is 6.57. The van der Waals surface area contributed by atoms with Gasteiger partial charge in [-0.25, -0.2) is 0 Å². The number of hydrogen-bond acceptors (Lipinski definition) is 1. The van der Waals surface area contributed by atoms with Gasteiger partial charge in [0.1, 0.15) is 0 Å². The van der Waals surface area contributed by atoms with E-state index in [0.29, 0.717) is 5.41 Å². The zero-order chi connectivity index (χ0) is 12.0. The molecule has 0 amide bonds. The van der Waals surface area contributed by atoms with Gasteiger partial charge in [-0.1, -0.05) is 27.2 Å². The predicted molar refractivity (Wildman–Crippen MR) is 64.2 cm³/mol. The Morgan fingerprint density at radius 3 is 2.31 bits per heavy atom. The normalized spacial score (nSPS) is 38.7. The minimum atomic E-state index is -0.562. The Labute approximate surface area is 98.4 Å². The van der Waals surface area contributed by atoms with E-state index in [0.717, 1.165) is 25.2 Å². The minimum Gasteiger partial charge on any atom is -0.481 e. The van der Waals surface area contributed by atoms with Crippen molar-refractivity contribution in [1.29, 1.82) is 0 Å². The van der Waals surface area contributed by atoms with Gasteiger partial charge in [0.2, 0.25) is 0 Å².